The minimum absolute atomic E-state index is 0.0554. The first-order chi connectivity index (χ1) is 24.3. The molecule has 0 bridgehead atoms. The van der Waals surface area contributed by atoms with Crippen LogP contribution in [-0.2, 0) is 0 Å². The van der Waals surface area contributed by atoms with Gasteiger partial charge in [-0.2, -0.15) is 0 Å². The van der Waals surface area contributed by atoms with Gasteiger partial charge in [0.05, 0.1) is 17.1 Å². The number of carbonyl (C=O) groups is 3. The number of hydrogen-bond donors (Lipinski definition) is 0. The summed E-state index contributed by atoms with van der Waals surface area (Å²) in [4.78, 5) is 40.4. The van der Waals surface area contributed by atoms with Crippen molar-refractivity contribution in [1.82, 2.24) is 0 Å². The van der Waals surface area contributed by atoms with Crippen LogP contribution in [0.2, 0.25) is 0 Å². The number of Topliss-reactive ketones (excluding diaryl/α,β-unsaturated/α-hetero) is 2. The van der Waals surface area contributed by atoms with Gasteiger partial charge in [-0.05, 0) is 118 Å². The number of ketones is 2. The molecular formula is C45H54O6. The smallest absolute Gasteiger partial charge is 0.343 e. The van der Waals surface area contributed by atoms with Gasteiger partial charge in [-0.3, -0.25) is 9.59 Å². The molecule has 4 aromatic carbocycles. The van der Waals surface area contributed by atoms with Crippen LogP contribution in [0.3, 0.4) is 0 Å². The lowest BCUT2D eigenvalue weighted by molar-refractivity contribution is -0.0442. The van der Waals surface area contributed by atoms with E-state index in [-0.39, 0.29) is 17.7 Å². The molecule has 2 atom stereocenters. The molecule has 0 saturated heterocycles. The standard InChI is InChI=1S/C45H54O6/c1-10-31(6)49-37-25-19-32(20-26-37)33-21-27-38(28-22-33)50-42(48)36-17-15-35(16-18-36)41(47)44(9,12-3)45(13-4,14-5)51-39-29-23-34(24-30-39)40(46)43(7,8)11-2/h15-31H,10-14H2,1-9H3. The fourth-order valence-corrected chi connectivity index (χ4v) is 6.43. The molecule has 0 aliphatic rings. The molecule has 0 heterocycles. The first-order valence-corrected chi connectivity index (χ1v) is 18.3. The molecule has 0 radical (unpaired) electrons. The highest BCUT2D eigenvalue weighted by Gasteiger charge is 2.52. The third-order valence-electron chi connectivity index (χ3n) is 10.8. The summed E-state index contributed by atoms with van der Waals surface area (Å²) in [7, 11) is 0. The zero-order valence-corrected chi connectivity index (χ0v) is 31.8. The molecule has 270 valence electrons. The Morgan fingerprint density at radius 3 is 1.47 bits per heavy atom. The maximum Gasteiger partial charge on any atom is 0.343 e. The molecule has 6 heteroatoms. The van der Waals surface area contributed by atoms with Gasteiger partial charge in [0, 0.05) is 16.5 Å². The Labute approximate surface area is 304 Å². The Balaban J connectivity index is 1.46. The fourth-order valence-electron chi connectivity index (χ4n) is 6.43. The van der Waals surface area contributed by atoms with Crippen molar-refractivity contribution in [1.29, 1.82) is 0 Å². The highest BCUT2D eigenvalue weighted by atomic mass is 16.5. The van der Waals surface area contributed by atoms with Crippen LogP contribution in [0.25, 0.3) is 11.1 Å². The number of ether oxygens (including phenoxy) is 3. The summed E-state index contributed by atoms with van der Waals surface area (Å²) in [5.41, 5.74) is 1.39. The van der Waals surface area contributed by atoms with E-state index in [4.69, 9.17) is 14.2 Å². The Morgan fingerprint density at radius 1 is 0.549 bits per heavy atom. The monoisotopic (exact) mass is 690 g/mol. The molecule has 0 saturated carbocycles. The second-order valence-corrected chi connectivity index (χ2v) is 14.3. The van der Waals surface area contributed by atoms with Crippen LogP contribution in [0, 0.1) is 10.8 Å². The lowest BCUT2D eigenvalue weighted by atomic mass is 9.64. The summed E-state index contributed by atoms with van der Waals surface area (Å²) in [5, 5.41) is 0. The fraction of sp³-hybridized carbons (Fsp3) is 0.400. The normalized spacial score (nSPS) is 13.5. The summed E-state index contributed by atoms with van der Waals surface area (Å²) in [6.07, 6.45) is 3.60. The van der Waals surface area contributed by atoms with Crippen molar-refractivity contribution in [3.05, 3.63) is 114 Å². The van der Waals surface area contributed by atoms with Crippen molar-refractivity contribution in [2.24, 2.45) is 10.8 Å². The van der Waals surface area contributed by atoms with Crippen molar-refractivity contribution in [2.45, 2.75) is 106 Å². The van der Waals surface area contributed by atoms with E-state index >= 15 is 0 Å². The first-order valence-electron chi connectivity index (χ1n) is 18.3. The van der Waals surface area contributed by atoms with Gasteiger partial charge in [-0.15, -0.1) is 0 Å². The summed E-state index contributed by atoms with van der Waals surface area (Å²) < 4.78 is 18.3. The van der Waals surface area contributed by atoms with Crippen LogP contribution < -0.4 is 14.2 Å². The number of rotatable bonds is 17. The quantitative estimate of drug-likeness (QED) is 0.0623. The van der Waals surface area contributed by atoms with E-state index < -0.39 is 22.4 Å². The molecule has 0 spiro atoms. The van der Waals surface area contributed by atoms with Crippen molar-refractivity contribution in [3.63, 3.8) is 0 Å². The lowest BCUT2D eigenvalue weighted by Crippen LogP contribution is -2.54. The number of benzene rings is 4. The van der Waals surface area contributed by atoms with E-state index in [1.807, 2.05) is 116 Å². The third kappa shape index (κ3) is 8.61. The second-order valence-electron chi connectivity index (χ2n) is 14.3. The van der Waals surface area contributed by atoms with E-state index in [1.54, 1.807) is 36.4 Å². The second kappa shape index (κ2) is 16.5. The molecule has 6 nitrogen and oxygen atoms in total. The third-order valence-corrected chi connectivity index (χ3v) is 10.8. The van der Waals surface area contributed by atoms with Crippen molar-refractivity contribution < 1.29 is 28.6 Å². The molecule has 0 amide bonds. The Hall–Kier alpha value is -4.71. The SMILES string of the molecule is CCC(C)Oc1ccc(-c2ccc(OC(=O)c3ccc(C(=O)C(C)(CC)C(CC)(CC)Oc4ccc(C(=O)C(C)(C)CC)cc4)cc3)cc2)cc1. The number of esters is 1. The Bertz CT molecular complexity index is 1760. The van der Waals surface area contributed by atoms with Crippen LogP contribution >= 0.6 is 0 Å². The van der Waals surface area contributed by atoms with Gasteiger partial charge in [-0.25, -0.2) is 4.79 Å². The molecule has 0 aliphatic heterocycles. The van der Waals surface area contributed by atoms with Crippen molar-refractivity contribution in [3.8, 4) is 28.4 Å². The van der Waals surface area contributed by atoms with Crippen LogP contribution in [-0.4, -0.2) is 29.2 Å². The highest BCUT2D eigenvalue weighted by Crippen LogP contribution is 2.46. The largest absolute Gasteiger partial charge is 0.491 e. The Kier molecular flexibility index (Phi) is 12.7. The van der Waals surface area contributed by atoms with Crippen LogP contribution in [0.15, 0.2) is 97.1 Å². The molecule has 4 rings (SSSR count). The molecule has 0 N–H and O–H groups in total. The summed E-state index contributed by atoms with van der Waals surface area (Å²) in [6, 6.07) is 29.2. The predicted octanol–water partition coefficient (Wildman–Crippen LogP) is 11.6. The zero-order valence-electron chi connectivity index (χ0n) is 31.8. The summed E-state index contributed by atoms with van der Waals surface area (Å²) in [6.45, 7) is 18.1. The van der Waals surface area contributed by atoms with Crippen molar-refractivity contribution in [2.75, 3.05) is 0 Å². The van der Waals surface area contributed by atoms with Gasteiger partial charge in [0.15, 0.2) is 11.6 Å². The van der Waals surface area contributed by atoms with Crippen molar-refractivity contribution >= 4 is 17.5 Å². The molecule has 0 aromatic heterocycles. The number of carbonyl (C=O) groups excluding carboxylic acids is 3. The Morgan fingerprint density at radius 2 is 1.00 bits per heavy atom. The molecular weight excluding hydrogens is 636 g/mol. The maximum absolute atomic E-state index is 14.3. The maximum atomic E-state index is 14.3. The van der Waals surface area contributed by atoms with Gasteiger partial charge in [0.1, 0.15) is 22.8 Å². The molecule has 2 unspecified atom stereocenters. The van der Waals surface area contributed by atoms with E-state index in [2.05, 4.69) is 6.92 Å². The van der Waals surface area contributed by atoms with Gasteiger partial charge < -0.3 is 14.2 Å². The molecule has 0 fully saturated rings. The van der Waals surface area contributed by atoms with Gasteiger partial charge in [0.25, 0.3) is 0 Å². The predicted molar refractivity (Wildman–Crippen MR) is 205 cm³/mol. The van der Waals surface area contributed by atoms with Gasteiger partial charge >= 0.3 is 5.97 Å². The van der Waals surface area contributed by atoms with E-state index in [1.165, 1.54) is 0 Å². The van der Waals surface area contributed by atoms with E-state index in [9.17, 15) is 14.4 Å². The average molecular weight is 691 g/mol. The zero-order chi connectivity index (χ0) is 37.4. The molecule has 4 aromatic rings. The summed E-state index contributed by atoms with van der Waals surface area (Å²) >= 11 is 0. The van der Waals surface area contributed by atoms with Gasteiger partial charge in [-0.1, -0.05) is 84.9 Å². The van der Waals surface area contributed by atoms with Crippen LogP contribution in [0.5, 0.6) is 17.2 Å². The minimum atomic E-state index is -0.875. The summed E-state index contributed by atoms with van der Waals surface area (Å²) in [5.74, 6) is 1.42. The number of hydrogen-bond acceptors (Lipinski definition) is 6. The molecule has 51 heavy (non-hydrogen) atoms. The lowest BCUT2D eigenvalue weighted by Gasteiger charge is -2.46. The average Bonchev–Trinajstić information content (AvgIpc) is 3.16. The van der Waals surface area contributed by atoms with Crippen LogP contribution in [0.4, 0.5) is 0 Å². The molecule has 0 aliphatic carbocycles. The topological polar surface area (TPSA) is 78.9 Å². The van der Waals surface area contributed by atoms with Gasteiger partial charge in [0.2, 0.25) is 0 Å². The van der Waals surface area contributed by atoms with Crippen LogP contribution in [0.1, 0.15) is 125 Å². The first kappa shape index (κ1) is 39.1. The van der Waals surface area contributed by atoms with E-state index in [0.29, 0.717) is 47.5 Å². The minimum Gasteiger partial charge on any atom is -0.491 e. The highest BCUT2D eigenvalue weighted by molar-refractivity contribution is 6.02. The van der Waals surface area contributed by atoms with E-state index in [0.717, 1.165) is 29.7 Å².